The van der Waals surface area contributed by atoms with Crippen LogP contribution >= 0.6 is 11.3 Å². The van der Waals surface area contributed by atoms with Gasteiger partial charge in [0.2, 0.25) is 5.91 Å². The zero-order valence-electron chi connectivity index (χ0n) is 13.4. The predicted octanol–water partition coefficient (Wildman–Crippen LogP) is 4.94. The molecule has 0 N–H and O–H groups in total. The molecule has 23 heavy (non-hydrogen) atoms. The number of aromatic nitrogens is 1. The number of rotatable bonds is 4. The monoisotopic (exact) mass is 326 g/mol. The molecule has 120 valence electrons. The Bertz CT molecular complexity index is 696. The number of nitrogens with zero attached hydrogens (tertiary/aromatic N) is 2. The molecule has 2 aromatic rings. The van der Waals surface area contributed by atoms with Crippen LogP contribution in [0.25, 0.3) is 0 Å². The van der Waals surface area contributed by atoms with E-state index < -0.39 is 0 Å². The fourth-order valence-electron chi connectivity index (χ4n) is 4.32. The summed E-state index contributed by atoms with van der Waals surface area (Å²) in [6.07, 6.45) is 5.96. The van der Waals surface area contributed by atoms with Crippen LogP contribution in [0.4, 0.5) is 10.8 Å². The molecule has 1 heterocycles. The second-order valence-electron chi connectivity index (χ2n) is 6.98. The first-order valence-electron chi connectivity index (χ1n) is 8.51. The van der Waals surface area contributed by atoms with Crippen molar-refractivity contribution in [2.45, 2.75) is 39.0 Å². The van der Waals surface area contributed by atoms with Crippen LogP contribution in [-0.2, 0) is 4.79 Å². The highest BCUT2D eigenvalue weighted by Crippen LogP contribution is 2.50. The normalized spacial score (nSPS) is 25.7. The lowest BCUT2D eigenvalue weighted by molar-refractivity contribution is -0.119. The van der Waals surface area contributed by atoms with Crippen LogP contribution in [0.2, 0.25) is 0 Å². The number of hydrogen-bond donors (Lipinski definition) is 0. The Morgan fingerprint density at radius 1 is 1.26 bits per heavy atom. The third kappa shape index (κ3) is 2.92. The maximum atomic E-state index is 13.1. The third-order valence-corrected chi connectivity index (χ3v) is 6.33. The minimum absolute atomic E-state index is 0.197. The molecule has 3 nitrogen and oxygen atoms in total. The lowest BCUT2D eigenvalue weighted by Gasteiger charge is -2.25. The lowest BCUT2D eigenvalue weighted by atomic mass is 9.86. The van der Waals surface area contributed by atoms with Gasteiger partial charge in [-0.15, -0.1) is 11.3 Å². The average molecular weight is 326 g/mol. The quantitative estimate of drug-likeness (QED) is 0.797. The molecule has 2 saturated carbocycles. The van der Waals surface area contributed by atoms with Crippen molar-refractivity contribution in [1.82, 2.24) is 4.98 Å². The molecule has 0 spiro atoms. The van der Waals surface area contributed by atoms with E-state index in [0.717, 1.165) is 28.3 Å². The summed E-state index contributed by atoms with van der Waals surface area (Å²) < 4.78 is 0. The standard InChI is InChI=1S/C19H22N2OS/c1-13-12-23-19(20-13)21(17-5-3-2-4-6-17)18(22)11-16-10-14-7-8-15(16)9-14/h2-6,12,14-16H,7-11H2,1H3/t14-,15+,16+/m0/s1. The van der Waals surface area contributed by atoms with Crippen LogP contribution in [0, 0.1) is 24.7 Å². The Labute approximate surface area is 141 Å². The van der Waals surface area contributed by atoms with E-state index in [1.165, 1.54) is 25.7 Å². The van der Waals surface area contributed by atoms with Gasteiger partial charge in [0.1, 0.15) is 0 Å². The molecule has 2 aliphatic rings. The van der Waals surface area contributed by atoms with E-state index in [1.54, 1.807) is 11.3 Å². The van der Waals surface area contributed by atoms with Crippen molar-refractivity contribution in [3.63, 3.8) is 0 Å². The Hall–Kier alpha value is -1.68. The summed E-state index contributed by atoms with van der Waals surface area (Å²) in [5, 5.41) is 2.80. The summed E-state index contributed by atoms with van der Waals surface area (Å²) in [7, 11) is 0. The molecule has 1 aromatic carbocycles. The number of amides is 1. The number of fused-ring (bicyclic) bond motifs is 2. The maximum absolute atomic E-state index is 13.1. The number of para-hydroxylation sites is 1. The second-order valence-corrected chi connectivity index (χ2v) is 7.81. The SMILES string of the molecule is Cc1csc(N(C(=O)C[C@H]2C[C@H]3CC[C@@H]2C3)c2ccccc2)n1. The van der Waals surface area contributed by atoms with Crippen molar-refractivity contribution in [2.24, 2.45) is 17.8 Å². The molecule has 0 unspecified atom stereocenters. The molecular formula is C19H22N2OS. The number of carbonyl (C=O) groups excluding carboxylic acids is 1. The van der Waals surface area contributed by atoms with Gasteiger partial charge in [0, 0.05) is 11.8 Å². The van der Waals surface area contributed by atoms with E-state index in [0.29, 0.717) is 12.3 Å². The van der Waals surface area contributed by atoms with Crippen molar-refractivity contribution < 1.29 is 4.79 Å². The minimum atomic E-state index is 0.197. The number of aryl methyl sites for hydroxylation is 1. The topological polar surface area (TPSA) is 33.2 Å². The lowest BCUT2D eigenvalue weighted by Crippen LogP contribution is -2.29. The number of benzene rings is 1. The zero-order valence-corrected chi connectivity index (χ0v) is 14.3. The summed E-state index contributed by atoms with van der Waals surface area (Å²) in [6, 6.07) is 9.93. The van der Waals surface area contributed by atoms with Crippen LogP contribution in [0.15, 0.2) is 35.7 Å². The molecule has 0 saturated heterocycles. The van der Waals surface area contributed by atoms with Crippen molar-refractivity contribution in [2.75, 3.05) is 4.90 Å². The number of thiazole rings is 1. The smallest absolute Gasteiger partial charge is 0.233 e. The summed E-state index contributed by atoms with van der Waals surface area (Å²) in [5.41, 5.74) is 1.90. The van der Waals surface area contributed by atoms with Gasteiger partial charge in [0.25, 0.3) is 0 Å². The van der Waals surface area contributed by atoms with E-state index in [9.17, 15) is 4.79 Å². The van der Waals surface area contributed by atoms with Crippen LogP contribution in [0.3, 0.4) is 0 Å². The second kappa shape index (κ2) is 6.08. The van der Waals surface area contributed by atoms with Crippen LogP contribution in [0.1, 0.15) is 37.8 Å². The van der Waals surface area contributed by atoms with Gasteiger partial charge in [-0.3, -0.25) is 9.69 Å². The van der Waals surface area contributed by atoms with E-state index in [2.05, 4.69) is 4.98 Å². The molecular weight excluding hydrogens is 304 g/mol. The number of carbonyl (C=O) groups is 1. The van der Waals surface area contributed by atoms with E-state index in [-0.39, 0.29) is 5.91 Å². The average Bonchev–Trinajstić information content (AvgIpc) is 3.26. The van der Waals surface area contributed by atoms with E-state index >= 15 is 0 Å². The van der Waals surface area contributed by atoms with Crippen molar-refractivity contribution in [1.29, 1.82) is 0 Å². The van der Waals surface area contributed by atoms with Crippen LogP contribution in [0.5, 0.6) is 0 Å². The van der Waals surface area contributed by atoms with Gasteiger partial charge < -0.3 is 0 Å². The highest BCUT2D eigenvalue weighted by molar-refractivity contribution is 7.14. The highest BCUT2D eigenvalue weighted by Gasteiger charge is 2.41. The molecule has 0 radical (unpaired) electrons. The molecule has 2 aliphatic carbocycles. The Kier molecular flexibility index (Phi) is 3.93. The van der Waals surface area contributed by atoms with Gasteiger partial charge in [-0.25, -0.2) is 4.98 Å². The Balaban J connectivity index is 1.58. The van der Waals surface area contributed by atoms with Crippen molar-refractivity contribution in [3.05, 3.63) is 41.4 Å². The summed E-state index contributed by atoms with van der Waals surface area (Å²) in [5.74, 6) is 2.43. The van der Waals surface area contributed by atoms with E-state index in [1.807, 2.05) is 47.5 Å². The van der Waals surface area contributed by atoms with Gasteiger partial charge >= 0.3 is 0 Å². The highest BCUT2D eigenvalue weighted by atomic mass is 32.1. The predicted molar refractivity (Wildman–Crippen MR) is 94.0 cm³/mol. The fraction of sp³-hybridized carbons (Fsp3) is 0.474. The largest absolute Gasteiger partial charge is 0.274 e. The molecule has 3 atom stereocenters. The summed E-state index contributed by atoms with van der Waals surface area (Å²) in [6.45, 7) is 1.98. The maximum Gasteiger partial charge on any atom is 0.233 e. The molecule has 4 heteroatoms. The van der Waals surface area contributed by atoms with Gasteiger partial charge in [-0.2, -0.15) is 0 Å². The number of hydrogen-bond acceptors (Lipinski definition) is 3. The Morgan fingerprint density at radius 2 is 2.09 bits per heavy atom. The van der Waals surface area contributed by atoms with Gasteiger partial charge in [0.05, 0.1) is 11.4 Å². The first-order chi connectivity index (χ1) is 11.2. The molecule has 1 aromatic heterocycles. The molecule has 0 aliphatic heterocycles. The van der Waals surface area contributed by atoms with Crippen molar-refractivity contribution >= 4 is 28.1 Å². The van der Waals surface area contributed by atoms with Gasteiger partial charge in [-0.05, 0) is 56.1 Å². The first kappa shape index (κ1) is 14.9. The van der Waals surface area contributed by atoms with Crippen LogP contribution in [-0.4, -0.2) is 10.9 Å². The summed E-state index contributed by atoms with van der Waals surface area (Å²) >= 11 is 1.55. The number of anilines is 2. The zero-order chi connectivity index (χ0) is 15.8. The van der Waals surface area contributed by atoms with Gasteiger partial charge in [-0.1, -0.05) is 24.6 Å². The summed E-state index contributed by atoms with van der Waals surface area (Å²) in [4.78, 5) is 19.5. The third-order valence-electron chi connectivity index (χ3n) is 5.38. The first-order valence-corrected chi connectivity index (χ1v) is 9.39. The van der Waals surface area contributed by atoms with Crippen molar-refractivity contribution in [3.8, 4) is 0 Å². The Morgan fingerprint density at radius 3 is 2.70 bits per heavy atom. The molecule has 4 rings (SSSR count). The minimum Gasteiger partial charge on any atom is -0.274 e. The molecule has 2 bridgehead atoms. The molecule has 1 amide bonds. The fourth-order valence-corrected chi connectivity index (χ4v) is 5.16. The van der Waals surface area contributed by atoms with E-state index in [4.69, 9.17) is 0 Å². The van der Waals surface area contributed by atoms with Crippen LogP contribution < -0.4 is 4.90 Å². The molecule has 2 fully saturated rings. The van der Waals surface area contributed by atoms with Gasteiger partial charge in [0.15, 0.2) is 5.13 Å².